The molecular formula is C21H13F4N2O. The number of carbonyl (C=O) groups excluding carboxylic acids is 1. The summed E-state index contributed by atoms with van der Waals surface area (Å²) < 4.78 is 55.6. The highest BCUT2D eigenvalue weighted by Crippen LogP contribution is 2.35. The van der Waals surface area contributed by atoms with Crippen LogP contribution in [0.4, 0.5) is 17.6 Å². The first-order valence-corrected chi connectivity index (χ1v) is 8.34. The molecule has 3 nitrogen and oxygen atoms in total. The third-order valence-electron chi connectivity index (χ3n) is 4.68. The van der Waals surface area contributed by atoms with E-state index in [9.17, 15) is 22.4 Å². The highest BCUT2D eigenvalue weighted by atomic mass is 19.4. The Morgan fingerprint density at radius 3 is 2.54 bits per heavy atom. The largest absolute Gasteiger partial charge is 0.416 e. The first-order valence-electron chi connectivity index (χ1n) is 8.34. The number of primary amides is 1. The van der Waals surface area contributed by atoms with Crippen LogP contribution in [0.15, 0.2) is 54.6 Å². The SMILES string of the molecule is NC(=O)c1cccc2c1c1[c]cc(F)cc1n2Cc1ccccc1C(F)(F)F. The number of hydrogen-bond donors (Lipinski definition) is 1. The van der Waals surface area contributed by atoms with Crippen LogP contribution in [0.25, 0.3) is 21.8 Å². The van der Waals surface area contributed by atoms with Gasteiger partial charge < -0.3 is 10.3 Å². The first-order chi connectivity index (χ1) is 13.3. The lowest BCUT2D eigenvalue weighted by Crippen LogP contribution is -2.12. The number of rotatable bonds is 3. The summed E-state index contributed by atoms with van der Waals surface area (Å²) >= 11 is 0. The normalized spacial score (nSPS) is 12.0. The Kier molecular flexibility index (Phi) is 4.10. The maximum Gasteiger partial charge on any atom is 0.416 e. The molecule has 0 unspecified atom stereocenters. The number of aromatic nitrogens is 1. The molecule has 28 heavy (non-hydrogen) atoms. The van der Waals surface area contributed by atoms with Crippen molar-refractivity contribution in [2.24, 2.45) is 5.73 Å². The van der Waals surface area contributed by atoms with Crippen LogP contribution in [0.2, 0.25) is 0 Å². The summed E-state index contributed by atoms with van der Waals surface area (Å²) in [6.07, 6.45) is -4.52. The molecule has 7 heteroatoms. The van der Waals surface area contributed by atoms with Crippen LogP contribution >= 0.6 is 0 Å². The molecule has 0 aliphatic rings. The van der Waals surface area contributed by atoms with E-state index >= 15 is 0 Å². The Bertz CT molecular complexity index is 1220. The van der Waals surface area contributed by atoms with Gasteiger partial charge in [-0.1, -0.05) is 24.3 Å². The molecule has 1 aromatic heterocycles. The predicted octanol–water partition coefficient (Wildman–Crippen LogP) is 4.90. The second kappa shape index (κ2) is 6.37. The van der Waals surface area contributed by atoms with Crippen molar-refractivity contribution in [3.8, 4) is 0 Å². The quantitative estimate of drug-likeness (QED) is 0.501. The highest BCUT2D eigenvalue weighted by Gasteiger charge is 2.33. The van der Waals surface area contributed by atoms with E-state index in [-0.39, 0.29) is 17.7 Å². The zero-order valence-corrected chi connectivity index (χ0v) is 14.3. The first kappa shape index (κ1) is 18.0. The fraction of sp³-hybridized carbons (Fsp3) is 0.0952. The van der Waals surface area contributed by atoms with Crippen LogP contribution in [0.5, 0.6) is 0 Å². The van der Waals surface area contributed by atoms with Crippen LogP contribution in [0.1, 0.15) is 21.5 Å². The third-order valence-corrected chi connectivity index (χ3v) is 4.68. The van der Waals surface area contributed by atoms with Gasteiger partial charge in [-0.25, -0.2) is 4.39 Å². The van der Waals surface area contributed by atoms with Crippen LogP contribution < -0.4 is 5.73 Å². The molecule has 0 aliphatic carbocycles. The molecule has 2 N–H and O–H groups in total. The van der Waals surface area contributed by atoms with Crippen molar-refractivity contribution in [2.45, 2.75) is 12.7 Å². The van der Waals surface area contributed by atoms with Crippen molar-refractivity contribution in [1.82, 2.24) is 4.57 Å². The van der Waals surface area contributed by atoms with E-state index in [2.05, 4.69) is 6.07 Å². The van der Waals surface area contributed by atoms with E-state index in [1.54, 1.807) is 16.7 Å². The smallest absolute Gasteiger partial charge is 0.366 e. The standard InChI is InChI=1S/C21H13F4N2O/c22-13-8-9-14-18(10-13)27(17-7-3-5-15(19(14)17)20(26)28)11-12-4-1-2-6-16(12)21(23,24)25/h1-8,10H,11H2,(H2,26,28). The van der Waals surface area contributed by atoms with E-state index in [0.717, 1.165) is 12.1 Å². The predicted molar refractivity (Wildman–Crippen MR) is 97.3 cm³/mol. The van der Waals surface area contributed by atoms with Crippen molar-refractivity contribution >= 4 is 27.7 Å². The molecule has 0 aliphatic heterocycles. The van der Waals surface area contributed by atoms with E-state index < -0.39 is 23.5 Å². The number of halogens is 4. The Morgan fingerprint density at radius 1 is 1.07 bits per heavy atom. The fourth-order valence-corrected chi connectivity index (χ4v) is 3.51. The second-order valence-corrected chi connectivity index (χ2v) is 6.38. The molecule has 141 valence electrons. The minimum absolute atomic E-state index is 0.0301. The zero-order chi connectivity index (χ0) is 20.1. The number of carbonyl (C=O) groups is 1. The molecule has 0 spiro atoms. The molecule has 0 atom stereocenters. The number of amides is 1. The Labute approximate surface area is 157 Å². The molecule has 4 rings (SSSR count). The van der Waals surface area contributed by atoms with Gasteiger partial charge in [0.25, 0.3) is 0 Å². The molecule has 4 aromatic rings. The summed E-state index contributed by atoms with van der Waals surface area (Å²) in [6, 6.07) is 15.1. The van der Waals surface area contributed by atoms with Gasteiger partial charge in [-0.05, 0) is 42.0 Å². The van der Waals surface area contributed by atoms with Gasteiger partial charge in [0.2, 0.25) is 5.91 Å². The van der Waals surface area contributed by atoms with Gasteiger partial charge >= 0.3 is 6.18 Å². The summed E-state index contributed by atoms with van der Waals surface area (Å²) in [5.41, 5.74) is 5.73. The molecule has 0 fully saturated rings. The number of fused-ring (bicyclic) bond motifs is 3. The molecule has 0 bridgehead atoms. The zero-order valence-electron chi connectivity index (χ0n) is 14.3. The van der Waals surface area contributed by atoms with Crippen LogP contribution in [-0.4, -0.2) is 10.5 Å². The summed E-state index contributed by atoms with van der Waals surface area (Å²) in [4.78, 5) is 11.9. The number of nitrogens with two attached hydrogens (primary N) is 1. The van der Waals surface area contributed by atoms with Gasteiger partial charge in [-0.15, -0.1) is 0 Å². The van der Waals surface area contributed by atoms with E-state index in [0.29, 0.717) is 21.8 Å². The maximum absolute atomic E-state index is 13.9. The molecule has 1 heterocycles. The average Bonchev–Trinajstić information content (AvgIpc) is 2.94. The summed E-state index contributed by atoms with van der Waals surface area (Å²) in [7, 11) is 0. The minimum Gasteiger partial charge on any atom is -0.366 e. The van der Waals surface area contributed by atoms with Gasteiger partial charge in [0.15, 0.2) is 0 Å². The van der Waals surface area contributed by atoms with Crippen LogP contribution in [0.3, 0.4) is 0 Å². The topological polar surface area (TPSA) is 48.0 Å². The molecule has 0 saturated carbocycles. The van der Waals surface area contributed by atoms with Gasteiger partial charge in [0.05, 0.1) is 16.6 Å². The van der Waals surface area contributed by atoms with E-state index in [1.807, 2.05) is 0 Å². The summed E-state index contributed by atoms with van der Waals surface area (Å²) in [5.74, 6) is -1.26. The number of alkyl halides is 3. The Hall–Kier alpha value is -3.35. The lowest BCUT2D eigenvalue weighted by atomic mass is 10.1. The van der Waals surface area contributed by atoms with Crippen molar-refractivity contribution in [2.75, 3.05) is 0 Å². The summed E-state index contributed by atoms with van der Waals surface area (Å²) in [5, 5.41) is 0.866. The Balaban J connectivity index is 2.04. The molecule has 3 aromatic carbocycles. The maximum atomic E-state index is 13.9. The monoisotopic (exact) mass is 385 g/mol. The molecular weight excluding hydrogens is 372 g/mol. The van der Waals surface area contributed by atoms with Gasteiger partial charge in [-0.3, -0.25) is 4.79 Å². The van der Waals surface area contributed by atoms with E-state index in [4.69, 9.17) is 5.73 Å². The summed E-state index contributed by atoms with van der Waals surface area (Å²) in [6.45, 7) is -0.158. The van der Waals surface area contributed by atoms with Gasteiger partial charge in [-0.2, -0.15) is 13.2 Å². The van der Waals surface area contributed by atoms with Crippen LogP contribution in [0, 0.1) is 11.9 Å². The van der Waals surface area contributed by atoms with Gasteiger partial charge in [0.1, 0.15) is 5.82 Å². The average molecular weight is 385 g/mol. The Morgan fingerprint density at radius 2 is 1.82 bits per heavy atom. The fourth-order valence-electron chi connectivity index (χ4n) is 3.51. The lowest BCUT2D eigenvalue weighted by molar-refractivity contribution is -0.138. The molecule has 0 saturated heterocycles. The number of hydrogen-bond acceptors (Lipinski definition) is 1. The minimum atomic E-state index is -4.52. The van der Waals surface area contributed by atoms with Gasteiger partial charge in [0, 0.05) is 22.9 Å². The van der Waals surface area contributed by atoms with Crippen LogP contribution in [-0.2, 0) is 12.7 Å². The van der Waals surface area contributed by atoms with Crippen molar-refractivity contribution in [3.05, 3.63) is 83.2 Å². The third kappa shape index (κ3) is 2.89. The van der Waals surface area contributed by atoms with E-state index in [1.165, 1.54) is 30.3 Å². The van der Waals surface area contributed by atoms with Crippen molar-refractivity contribution < 1.29 is 22.4 Å². The van der Waals surface area contributed by atoms with Crippen molar-refractivity contribution in [3.63, 3.8) is 0 Å². The molecule has 1 radical (unpaired) electrons. The second-order valence-electron chi connectivity index (χ2n) is 6.38. The van der Waals surface area contributed by atoms with Crippen molar-refractivity contribution in [1.29, 1.82) is 0 Å². The highest BCUT2D eigenvalue weighted by molar-refractivity contribution is 6.17. The number of nitrogens with zero attached hydrogens (tertiary/aromatic N) is 1. The lowest BCUT2D eigenvalue weighted by Gasteiger charge is -2.14. The molecule has 1 amide bonds. The number of benzene rings is 3.